The topological polar surface area (TPSA) is 43.8 Å². The quantitative estimate of drug-likeness (QED) is 0.744. The molecule has 0 fully saturated rings. The molecule has 0 unspecified atom stereocenters. The van der Waals surface area contributed by atoms with Gasteiger partial charge in [-0.2, -0.15) is 5.10 Å². The lowest BCUT2D eigenvalue weighted by molar-refractivity contribution is 0.585. The van der Waals surface area contributed by atoms with Gasteiger partial charge in [0.1, 0.15) is 5.82 Å². The fourth-order valence-electron chi connectivity index (χ4n) is 2.17. The number of para-hydroxylation sites is 1. The van der Waals surface area contributed by atoms with Crippen LogP contribution >= 0.6 is 11.6 Å². The van der Waals surface area contributed by atoms with Gasteiger partial charge in [-0.3, -0.25) is 4.68 Å². The largest absolute Gasteiger partial charge is 0.398 e. The van der Waals surface area contributed by atoms with Crippen LogP contribution in [0.3, 0.4) is 0 Å². The predicted octanol–water partition coefficient (Wildman–Crippen LogP) is 3.97. The average molecular weight is 302 g/mol. The van der Waals surface area contributed by atoms with E-state index in [1.165, 1.54) is 6.07 Å². The van der Waals surface area contributed by atoms with E-state index in [0.29, 0.717) is 22.8 Å². The number of benzene rings is 2. The van der Waals surface area contributed by atoms with Crippen LogP contribution in [0.4, 0.5) is 10.1 Å². The highest BCUT2D eigenvalue weighted by Crippen LogP contribution is 2.25. The molecule has 3 rings (SSSR count). The fourth-order valence-corrected chi connectivity index (χ4v) is 2.33. The zero-order valence-corrected chi connectivity index (χ0v) is 11.9. The van der Waals surface area contributed by atoms with Gasteiger partial charge in [0.2, 0.25) is 0 Å². The average Bonchev–Trinajstić information content (AvgIpc) is 2.91. The van der Waals surface area contributed by atoms with E-state index in [9.17, 15) is 4.39 Å². The Morgan fingerprint density at radius 1 is 1.19 bits per heavy atom. The molecule has 2 N–H and O–H groups in total. The first kappa shape index (κ1) is 13.6. The summed E-state index contributed by atoms with van der Waals surface area (Å²) in [6, 6.07) is 12.2. The second-order valence-electron chi connectivity index (χ2n) is 4.75. The van der Waals surface area contributed by atoms with E-state index in [0.717, 1.165) is 11.1 Å². The third kappa shape index (κ3) is 2.90. The van der Waals surface area contributed by atoms with Crippen molar-refractivity contribution in [3.05, 3.63) is 71.3 Å². The summed E-state index contributed by atoms with van der Waals surface area (Å²) in [6.07, 6.45) is 3.57. The van der Waals surface area contributed by atoms with Crippen molar-refractivity contribution in [2.75, 3.05) is 5.73 Å². The Morgan fingerprint density at radius 2 is 2.00 bits per heavy atom. The van der Waals surface area contributed by atoms with Crippen LogP contribution in [0.2, 0.25) is 5.02 Å². The Balaban J connectivity index is 1.87. The van der Waals surface area contributed by atoms with Crippen LogP contribution in [0, 0.1) is 5.82 Å². The minimum absolute atomic E-state index is 0.334. The van der Waals surface area contributed by atoms with Gasteiger partial charge in [-0.25, -0.2) is 4.39 Å². The Bertz CT molecular complexity index is 783. The summed E-state index contributed by atoms with van der Waals surface area (Å²) in [6.45, 7) is 0.343. The van der Waals surface area contributed by atoms with Gasteiger partial charge in [-0.05, 0) is 18.2 Å². The highest BCUT2D eigenvalue weighted by atomic mass is 35.5. The first-order chi connectivity index (χ1) is 10.1. The maximum atomic E-state index is 13.8. The highest BCUT2D eigenvalue weighted by Gasteiger charge is 2.08. The van der Waals surface area contributed by atoms with E-state index in [1.807, 2.05) is 30.5 Å². The lowest BCUT2D eigenvalue weighted by Gasteiger charge is -2.04. The van der Waals surface area contributed by atoms with Crippen LogP contribution in [-0.4, -0.2) is 9.78 Å². The molecule has 0 saturated carbocycles. The van der Waals surface area contributed by atoms with Crippen molar-refractivity contribution >= 4 is 17.3 Å². The van der Waals surface area contributed by atoms with E-state index in [-0.39, 0.29) is 5.82 Å². The first-order valence-electron chi connectivity index (χ1n) is 6.45. The van der Waals surface area contributed by atoms with Gasteiger partial charge in [-0.1, -0.05) is 35.9 Å². The van der Waals surface area contributed by atoms with Gasteiger partial charge in [0, 0.05) is 33.6 Å². The molecule has 3 nitrogen and oxygen atoms in total. The predicted molar refractivity (Wildman–Crippen MR) is 82.6 cm³/mol. The zero-order valence-electron chi connectivity index (χ0n) is 11.1. The number of hydrogen-bond donors (Lipinski definition) is 1. The molecule has 0 saturated heterocycles. The van der Waals surface area contributed by atoms with E-state index >= 15 is 0 Å². The van der Waals surface area contributed by atoms with E-state index < -0.39 is 0 Å². The third-order valence-corrected chi connectivity index (χ3v) is 3.49. The number of nitrogens with zero attached hydrogens (tertiary/aromatic N) is 2. The zero-order chi connectivity index (χ0) is 14.8. The number of hydrogen-bond acceptors (Lipinski definition) is 2. The summed E-state index contributed by atoms with van der Waals surface area (Å²) in [5.41, 5.74) is 8.99. The van der Waals surface area contributed by atoms with Gasteiger partial charge in [0.25, 0.3) is 0 Å². The van der Waals surface area contributed by atoms with Crippen LogP contribution in [-0.2, 0) is 6.54 Å². The molecule has 21 heavy (non-hydrogen) atoms. The van der Waals surface area contributed by atoms with Gasteiger partial charge < -0.3 is 5.73 Å². The molecule has 1 aromatic heterocycles. The molecule has 0 radical (unpaired) electrons. The molecule has 0 aliphatic rings. The molecule has 106 valence electrons. The minimum Gasteiger partial charge on any atom is -0.398 e. The third-order valence-electron chi connectivity index (χ3n) is 3.25. The van der Waals surface area contributed by atoms with Crippen LogP contribution in [0.5, 0.6) is 0 Å². The second-order valence-corrected chi connectivity index (χ2v) is 5.19. The number of anilines is 1. The van der Waals surface area contributed by atoms with Crippen LogP contribution in [0.15, 0.2) is 54.9 Å². The maximum Gasteiger partial charge on any atom is 0.129 e. The monoisotopic (exact) mass is 301 g/mol. The summed E-state index contributed by atoms with van der Waals surface area (Å²) >= 11 is 5.75. The molecule has 0 amide bonds. The molecular weight excluding hydrogens is 289 g/mol. The molecule has 0 spiro atoms. The summed E-state index contributed by atoms with van der Waals surface area (Å²) < 4.78 is 15.5. The molecule has 2 aromatic carbocycles. The molecule has 0 aliphatic carbocycles. The summed E-state index contributed by atoms with van der Waals surface area (Å²) in [5.74, 6) is -0.334. The van der Waals surface area contributed by atoms with Crippen molar-refractivity contribution in [1.29, 1.82) is 0 Å². The standard InChI is InChI=1S/C16H13ClFN3/c17-13-6-5-11(15(18)7-13)9-21-10-12(8-20-21)14-3-1-2-4-16(14)19/h1-8,10H,9,19H2. The van der Waals surface area contributed by atoms with Gasteiger partial charge in [0.05, 0.1) is 12.7 Å². The molecule has 1 heterocycles. The molecule has 0 bridgehead atoms. The van der Waals surface area contributed by atoms with Crippen LogP contribution < -0.4 is 5.73 Å². The Morgan fingerprint density at radius 3 is 2.76 bits per heavy atom. The number of nitrogen functional groups attached to an aromatic ring is 1. The number of nitrogens with two attached hydrogens (primary N) is 1. The lowest BCUT2D eigenvalue weighted by Crippen LogP contribution is -2.02. The molecule has 0 aliphatic heterocycles. The normalized spacial score (nSPS) is 10.8. The van der Waals surface area contributed by atoms with E-state index in [1.54, 1.807) is 23.0 Å². The summed E-state index contributed by atoms with van der Waals surface area (Å²) in [4.78, 5) is 0. The van der Waals surface area contributed by atoms with Crippen molar-refractivity contribution in [2.45, 2.75) is 6.54 Å². The van der Waals surface area contributed by atoms with E-state index in [2.05, 4.69) is 5.10 Å². The highest BCUT2D eigenvalue weighted by molar-refractivity contribution is 6.30. The minimum atomic E-state index is -0.334. The number of aromatic nitrogens is 2. The molecule has 0 atom stereocenters. The van der Waals surface area contributed by atoms with Gasteiger partial charge in [-0.15, -0.1) is 0 Å². The lowest BCUT2D eigenvalue weighted by atomic mass is 10.1. The fraction of sp³-hybridized carbons (Fsp3) is 0.0625. The Hall–Kier alpha value is -2.33. The maximum absolute atomic E-state index is 13.8. The van der Waals surface area contributed by atoms with Crippen molar-refractivity contribution in [3.8, 4) is 11.1 Å². The molecular formula is C16H13ClFN3. The SMILES string of the molecule is Nc1ccccc1-c1cnn(Cc2ccc(Cl)cc2F)c1. The Kier molecular flexibility index (Phi) is 3.62. The van der Waals surface area contributed by atoms with Crippen LogP contribution in [0.25, 0.3) is 11.1 Å². The van der Waals surface area contributed by atoms with E-state index in [4.69, 9.17) is 17.3 Å². The number of rotatable bonds is 3. The smallest absolute Gasteiger partial charge is 0.129 e. The van der Waals surface area contributed by atoms with Crippen LogP contribution in [0.1, 0.15) is 5.56 Å². The van der Waals surface area contributed by atoms with Crippen molar-refractivity contribution < 1.29 is 4.39 Å². The van der Waals surface area contributed by atoms with Gasteiger partial charge >= 0.3 is 0 Å². The molecule has 5 heteroatoms. The van der Waals surface area contributed by atoms with Crippen molar-refractivity contribution in [1.82, 2.24) is 9.78 Å². The Labute approximate surface area is 126 Å². The second kappa shape index (κ2) is 5.58. The first-order valence-corrected chi connectivity index (χ1v) is 6.82. The number of halogens is 2. The molecule has 3 aromatic rings. The summed E-state index contributed by atoms with van der Waals surface area (Å²) in [5, 5.41) is 4.64. The van der Waals surface area contributed by atoms with Crippen molar-refractivity contribution in [3.63, 3.8) is 0 Å². The van der Waals surface area contributed by atoms with Crippen molar-refractivity contribution in [2.24, 2.45) is 0 Å². The summed E-state index contributed by atoms with van der Waals surface area (Å²) in [7, 11) is 0. The van der Waals surface area contributed by atoms with Gasteiger partial charge in [0.15, 0.2) is 0 Å².